The Morgan fingerprint density at radius 1 is 0.952 bits per heavy atom. The van der Waals surface area contributed by atoms with Gasteiger partial charge in [-0.15, -0.1) is 0 Å². The summed E-state index contributed by atoms with van der Waals surface area (Å²) in [5.74, 6) is -0.672. The number of hydrogen-bond donors (Lipinski definition) is 1. The van der Waals surface area contributed by atoms with Gasteiger partial charge in [-0.2, -0.15) is 0 Å². The minimum atomic E-state index is -0.672. The Kier molecular flexibility index (Phi) is 10.2. The summed E-state index contributed by atoms with van der Waals surface area (Å²) in [6.45, 7) is 2.23. The summed E-state index contributed by atoms with van der Waals surface area (Å²) in [6.07, 6.45) is 18.8. The van der Waals surface area contributed by atoms with Gasteiger partial charge in [-0.1, -0.05) is 51.2 Å². The summed E-state index contributed by atoms with van der Waals surface area (Å²) in [4.78, 5) is 10.3. The van der Waals surface area contributed by atoms with Crippen LogP contribution < -0.4 is 0 Å². The molecule has 2 unspecified atom stereocenters. The molecular formula is C18H32O3. The number of unbranched alkanes of at least 4 members (excludes halogenated alkanes) is 6. The maximum absolute atomic E-state index is 10.3. The first-order valence-corrected chi connectivity index (χ1v) is 8.76. The second kappa shape index (κ2) is 11.8. The standard InChI is InChI=1S/C18H32O3/c1-2-3-13-16-17(21-16)14-11-9-7-5-4-6-8-10-12-15-18(19)20/h7,9,16-17H,2-6,8,10-15H2,1H3,(H,19,20). The molecule has 0 saturated carbocycles. The van der Waals surface area contributed by atoms with E-state index in [-0.39, 0.29) is 0 Å². The zero-order chi connectivity index (χ0) is 15.3. The second-order valence-electron chi connectivity index (χ2n) is 6.10. The number of hydrogen-bond acceptors (Lipinski definition) is 2. The van der Waals surface area contributed by atoms with Crippen LogP contribution in [0.4, 0.5) is 0 Å². The lowest BCUT2D eigenvalue weighted by Crippen LogP contribution is -1.93. The number of aliphatic carboxylic acids is 1. The fourth-order valence-corrected chi connectivity index (χ4v) is 2.66. The Hall–Kier alpha value is -0.830. The molecule has 1 saturated heterocycles. The average Bonchev–Trinajstić information content (AvgIpc) is 3.20. The third-order valence-electron chi connectivity index (χ3n) is 4.08. The van der Waals surface area contributed by atoms with E-state index in [1.165, 1.54) is 38.5 Å². The van der Waals surface area contributed by atoms with E-state index in [9.17, 15) is 4.79 Å². The van der Waals surface area contributed by atoms with Gasteiger partial charge in [0, 0.05) is 6.42 Å². The van der Waals surface area contributed by atoms with Gasteiger partial charge in [0.15, 0.2) is 0 Å². The zero-order valence-corrected chi connectivity index (χ0v) is 13.6. The lowest BCUT2D eigenvalue weighted by atomic mass is 10.1. The summed E-state index contributed by atoms with van der Waals surface area (Å²) in [5.41, 5.74) is 0. The largest absolute Gasteiger partial charge is 0.481 e. The first-order chi connectivity index (χ1) is 10.2. The van der Waals surface area contributed by atoms with Gasteiger partial charge in [-0.3, -0.25) is 4.79 Å². The number of carboxylic acids is 1. The van der Waals surface area contributed by atoms with Crippen LogP contribution in [-0.2, 0) is 9.53 Å². The van der Waals surface area contributed by atoms with Gasteiger partial charge >= 0.3 is 5.97 Å². The van der Waals surface area contributed by atoms with Crippen LogP contribution in [0.3, 0.4) is 0 Å². The van der Waals surface area contributed by atoms with E-state index in [1.54, 1.807) is 0 Å². The van der Waals surface area contributed by atoms with Crippen LogP contribution in [0, 0.1) is 0 Å². The molecule has 1 N–H and O–H groups in total. The van der Waals surface area contributed by atoms with Crippen molar-refractivity contribution >= 4 is 5.97 Å². The van der Waals surface area contributed by atoms with Crippen molar-refractivity contribution in [3.05, 3.63) is 12.2 Å². The number of epoxide rings is 1. The molecule has 1 aliphatic rings. The molecule has 3 nitrogen and oxygen atoms in total. The van der Waals surface area contributed by atoms with E-state index < -0.39 is 5.97 Å². The van der Waals surface area contributed by atoms with E-state index in [2.05, 4.69) is 19.1 Å². The monoisotopic (exact) mass is 296 g/mol. The number of allylic oxidation sites excluding steroid dienone is 2. The van der Waals surface area contributed by atoms with Crippen LogP contribution in [0.2, 0.25) is 0 Å². The van der Waals surface area contributed by atoms with E-state index in [1.807, 2.05) is 0 Å². The highest BCUT2D eigenvalue weighted by molar-refractivity contribution is 5.66. The number of carbonyl (C=O) groups is 1. The van der Waals surface area contributed by atoms with Gasteiger partial charge in [0.2, 0.25) is 0 Å². The molecule has 1 fully saturated rings. The maximum atomic E-state index is 10.3. The molecule has 0 radical (unpaired) electrons. The minimum Gasteiger partial charge on any atom is -0.481 e. The Morgan fingerprint density at radius 3 is 2.38 bits per heavy atom. The van der Waals surface area contributed by atoms with Crippen LogP contribution >= 0.6 is 0 Å². The zero-order valence-electron chi connectivity index (χ0n) is 13.6. The first-order valence-electron chi connectivity index (χ1n) is 8.76. The Bertz CT molecular complexity index is 299. The van der Waals surface area contributed by atoms with Crippen molar-refractivity contribution in [1.29, 1.82) is 0 Å². The lowest BCUT2D eigenvalue weighted by molar-refractivity contribution is -0.137. The third kappa shape index (κ3) is 10.5. The highest BCUT2D eigenvalue weighted by Gasteiger charge is 2.36. The summed E-state index contributed by atoms with van der Waals surface area (Å²) in [6, 6.07) is 0. The molecular weight excluding hydrogens is 264 g/mol. The van der Waals surface area contributed by atoms with Crippen LogP contribution in [0.1, 0.15) is 84.0 Å². The smallest absolute Gasteiger partial charge is 0.303 e. The van der Waals surface area contributed by atoms with Crippen LogP contribution in [0.15, 0.2) is 12.2 Å². The van der Waals surface area contributed by atoms with Crippen molar-refractivity contribution < 1.29 is 14.6 Å². The molecule has 122 valence electrons. The molecule has 21 heavy (non-hydrogen) atoms. The third-order valence-corrected chi connectivity index (χ3v) is 4.08. The van der Waals surface area contributed by atoms with E-state index in [0.29, 0.717) is 18.6 Å². The molecule has 0 amide bonds. The van der Waals surface area contributed by atoms with Crippen LogP contribution in [0.25, 0.3) is 0 Å². The van der Waals surface area contributed by atoms with Gasteiger partial charge < -0.3 is 9.84 Å². The summed E-state index contributed by atoms with van der Waals surface area (Å²) < 4.78 is 5.64. The molecule has 1 aliphatic heterocycles. The quantitative estimate of drug-likeness (QED) is 0.276. The van der Waals surface area contributed by atoms with Crippen molar-refractivity contribution in [3.8, 4) is 0 Å². The maximum Gasteiger partial charge on any atom is 0.303 e. The van der Waals surface area contributed by atoms with E-state index in [4.69, 9.17) is 9.84 Å². The molecule has 0 aromatic heterocycles. The number of rotatable bonds is 14. The SMILES string of the molecule is CCCCC1OC1CCC=CCCCCCCCC(=O)O. The fourth-order valence-electron chi connectivity index (χ4n) is 2.66. The Morgan fingerprint density at radius 2 is 1.62 bits per heavy atom. The van der Waals surface area contributed by atoms with Crippen LogP contribution in [-0.4, -0.2) is 23.3 Å². The van der Waals surface area contributed by atoms with Gasteiger partial charge in [-0.25, -0.2) is 0 Å². The topological polar surface area (TPSA) is 49.8 Å². The molecule has 0 bridgehead atoms. The predicted octanol–water partition coefficient (Wildman–Crippen LogP) is 5.10. The normalized spacial score (nSPS) is 21.0. The van der Waals surface area contributed by atoms with Crippen molar-refractivity contribution in [2.24, 2.45) is 0 Å². The molecule has 1 rings (SSSR count). The summed E-state index contributed by atoms with van der Waals surface area (Å²) in [7, 11) is 0. The van der Waals surface area contributed by atoms with Crippen molar-refractivity contribution in [1.82, 2.24) is 0 Å². The lowest BCUT2D eigenvalue weighted by Gasteiger charge is -1.98. The minimum absolute atomic E-state index is 0.322. The average molecular weight is 296 g/mol. The van der Waals surface area contributed by atoms with Crippen molar-refractivity contribution in [3.63, 3.8) is 0 Å². The Labute approximate surface area is 129 Å². The molecule has 0 aliphatic carbocycles. The molecule has 2 atom stereocenters. The van der Waals surface area contributed by atoms with Crippen LogP contribution in [0.5, 0.6) is 0 Å². The van der Waals surface area contributed by atoms with E-state index in [0.717, 1.165) is 32.1 Å². The summed E-state index contributed by atoms with van der Waals surface area (Å²) in [5, 5.41) is 8.52. The molecule has 3 heteroatoms. The van der Waals surface area contributed by atoms with Gasteiger partial charge in [0.25, 0.3) is 0 Å². The molecule has 1 heterocycles. The fraction of sp³-hybridized carbons (Fsp3) is 0.833. The van der Waals surface area contributed by atoms with Crippen molar-refractivity contribution in [2.75, 3.05) is 0 Å². The van der Waals surface area contributed by atoms with Gasteiger partial charge in [0.05, 0.1) is 12.2 Å². The second-order valence-corrected chi connectivity index (χ2v) is 6.10. The van der Waals surface area contributed by atoms with Gasteiger partial charge in [0.1, 0.15) is 0 Å². The number of ether oxygens (including phenoxy) is 1. The predicted molar refractivity (Wildman–Crippen MR) is 86.5 cm³/mol. The highest BCUT2D eigenvalue weighted by atomic mass is 16.6. The van der Waals surface area contributed by atoms with Crippen molar-refractivity contribution in [2.45, 2.75) is 96.2 Å². The molecule has 0 aromatic rings. The molecule has 0 aromatic carbocycles. The van der Waals surface area contributed by atoms with E-state index >= 15 is 0 Å². The molecule has 0 spiro atoms. The Balaban J connectivity index is 1.78. The van der Waals surface area contributed by atoms with Gasteiger partial charge in [-0.05, 0) is 38.5 Å². The highest BCUT2D eigenvalue weighted by Crippen LogP contribution is 2.30. The first kappa shape index (κ1) is 18.2. The number of carboxylic acid groups (broad SMARTS) is 1. The summed E-state index contributed by atoms with van der Waals surface area (Å²) >= 11 is 0.